The topological polar surface area (TPSA) is 12.0 Å². The summed E-state index contributed by atoms with van der Waals surface area (Å²) in [5.74, 6) is 0.458. The molecule has 17 heavy (non-hydrogen) atoms. The van der Waals surface area contributed by atoms with Gasteiger partial charge in [-0.15, -0.1) is 0 Å². The quantitative estimate of drug-likeness (QED) is 0.839. The van der Waals surface area contributed by atoms with E-state index in [1.54, 1.807) is 6.07 Å². The monoisotopic (exact) mass is 233 g/mol. The second-order valence-electron chi connectivity index (χ2n) is 6.11. The summed E-state index contributed by atoms with van der Waals surface area (Å²) in [6, 6.07) is 7.72. The third-order valence-corrected chi connectivity index (χ3v) is 4.38. The minimum absolute atomic E-state index is 0.107. The number of nitrogens with one attached hydrogen (secondary N) is 1. The molecule has 0 saturated heterocycles. The third-order valence-electron chi connectivity index (χ3n) is 4.38. The third kappa shape index (κ3) is 2.52. The Hall–Kier alpha value is -0.890. The van der Waals surface area contributed by atoms with Gasteiger partial charge in [-0.3, -0.25) is 0 Å². The van der Waals surface area contributed by atoms with Gasteiger partial charge >= 0.3 is 0 Å². The summed E-state index contributed by atoms with van der Waals surface area (Å²) in [7, 11) is 0. The van der Waals surface area contributed by atoms with E-state index in [1.165, 1.54) is 37.3 Å². The van der Waals surface area contributed by atoms with Gasteiger partial charge in [0.1, 0.15) is 5.82 Å². The molecule has 0 aromatic heterocycles. The first-order valence-electron chi connectivity index (χ1n) is 6.63. The lowest BCUT2D eigenvalue weighted by Gasteiger charge is -2.37. The molecule has 3 rings (SSSR count). The normalized spacial score (nSPS) is 29.8. The highest BCUT2D eigenvalue weighted by Crippen LogP contribution is 2.45. The highest BCUT2D eigenvalue weighted by Gasteiger charge is 2.39. The molecular weight excluding hydrogens is 213 g/mol. The molecule has 0 unspecified atom stereocenters. The van der Waals surface area contributed by atoms with Gasteiger partial charge in [0.15, 0.2) is 0 Å². The molecular formula is C15H20FN. The van der Waals surface area contributed by atoms with Crippen molar-refractivity contribution in [2.45, 2.75) is 44.6 Å². The van der Waals surface area contributed by atoms with Gasteiger partial charge in [0, 0.05) is 12.6 Å². The molecule has 0 amide bonds. The van der Waals surface area contributed by atoms with E-state index in [1.807, 2.05) is 12.1 Å². The van der Waals surface area contributed by atoms with E-state index in [9.17, 15) is 4.39 Å². The van der Waals surface area contributed by atoms with Crippen LogP contribution in [0.2, 0.25) is 0 Å². The predicted molar refractivity (Wildman–Crippen MR) is 67.5 cm³/mol. The Balaban J connectivity index is 1.47. The number of benzene rings is 1. The maximum atomic E-state index is 13.1. The zero-order chi connectivity index (χ0) is 11.9. The first-order valence-corrected chi connectivity index (χ1v) is 6.63. The molecule has 0 radical (unpaired) electrons. The van der Waals surface area contributed by atoms with Crippen LogP contribution in [0, 0.1) is 11.2 Å². The highest BCUT2D eigenvalue weighted by atomic mass is 19.1. The molecule has 92 valence electrons. The van der Waals surface area contributed by atoms with Crippen molar-refractivity contribution >= 4 is 0 Å². The first kappa shape index (κ1) is 11.2. The van der Waals surface area contributed by atoms with Crippen LogP contribution in [0.3, 0.4) is 0 Å². The zero-order valence-corrected chi connectivity index (χ0v) is 10.4. The molecule has 2 aliphatic carbocycles. The summed E-state index contributed by atoms with van der Waals surface area (Å²) in [6.07, 6.45) is 5.08. The van der Waals surface area contributed by atoms with Gasteiger partial charge in [0.25, 0.3) is 0 Å². The van der Waals surface area contributed by atoms with Crippen molar-refractivity contribution in [3.05, 3.63) is 35.6 Å². The largest absolute Gasteiger partial charge is 0.313 e. The molecule has 2 aliphatic rings. The molecule has 1 aromatic rings. The van der Waals surface area contributed by atoms with Crippen molar-refractivity contribution in [3.63, 3.8) is 0 Å². The van der Waals surface area contributed by atoms with Crippen molar-refractivity contribution < 1.29 is 4.39 Å². The lowest BCUT2D eigenvalue weighted by Crippen LogP contribution is -2.42. The van der Waals surface area contributed by atoms with Crippen molar-refractivity contribution in [3.8, 4) is 0 Å². The minimum Gasteiger partial charge on any atom is -0.313 e. The Bertz CT molecular complexity index is 405. The molecule has 2 fully saturated rings. The maximum Gasteiger partial charge on any atom is 0.123 e. The molecule has 1 N–H and O–H groups in total. The van der Waals surface area contributed by atoms with Crippen LogP contribution < -0.4 is 5.32 Å². The van der Waals surface area contributed by atoms with Gasteiger partial charge in [0.05, 0.1) is 0 Å². The van der Waals surface area contributed by atoms with E-state index in [0.29, 0.717) is 17.4 Å². The average Bonchev–Trinajstić information content (AvgIpc) is 2.94. The summed E-state index contributed by atoms with van der Waals surface area (Å²) in [5, 5.41) is 3.64. The van der Waals surface area contributed by atoms with Crippen LogP contribution >= 0.6 is 0 Å². The van der Waals surface area contributed by atoms with Crippen molar-refractivity contribution in [2.24, 2.45) is 5.41 Å². The lowest BCUT2D eigenvalue weighted by atomic mass is 9.75. The summed E-state index contributed by atoms with van der Waals surface area (Å²) in [5.41, 5.74) is 1.75. The van der Waals surface area contributed by atoms with Crippen LogP contribution in [0.5, 0.6) is 0 Å². The second kappa shape index (κ2) is 4.09. The lowest BCUT2D eigenvalue weighted by molar-refractivity contribution is 0.274. The van der Waals surface area contributed by atoms with Gasteiger partial charge < -0.3 is 5.32 Å². The van der Waals surface area contributed by atoms with E-state index >= 15 is 0 Å². The number of rotatable bonds is 4. The minimum atomic E-state index is -0.107. The number of hydrogen-bond acceptors (Lipinski definition) is 1. The van der Waals surface area contributed by atoms with Gasteiger partial charge in [-0.1, -0.05) is 19.1 Å². The Morgan fingerprint density at radius 3 is 2.76 bits per heavy atom. The molecule has 1 aromatic carbocycles. The molecule has 1 nitrogen and oxygen atoms in total. The maximum absolute atomic E-state index is 13.1. The summed E-state index contributed by atoms with van der Waals surface area (Å²) < 4.78 is 13.1. The number of halogens is 1. The van der Waals surface area contributed by atoms with E-state index in [0.717, 1.165) is 6.54 Å². The highest BCUT2D eigenvalue weighted by molar-refractivity contribution is 5.23. The van der Waals surface area contributed by atoms with Crippen LogP contribution in [0.1, 0.15) is 44.1 Å². The molecule has 2 saturated carbocycles. The Morgan fingerprint density at radius 2 is 2.12 bits per heavy atom. The molecule has 2 heteroatoms. The van der Waals surface area contributed by atoms with E-state index in [2.05, 4.69) is 12.2 Å². The molecule has 0 atom stereocenters. The Kier molecular flexibility index (Phi) is 2.70. The van der Waals surface area contributed by atoms with Gasteiger partial charge in [-0.25, -0.2) is 4.39 Å². The molecule has 0 heterocycles. The van der Waals surface area contributed by atoms with Gasteiger partial charge in [-0.2, -0.15) is 0 Å². The fourth-order valence-corrected chi connectivity index (χ4v) is 2.60. The number of hydrogen-bond donors (Lipinski definition) is 1. The Morgan fingerprint density at radius 1 is 1.35 bits per heavy atom. The average molecular weight is 233 g/mol. The smallest absolute Gasteiger partial charge is 0.123 e. The van der Waals surface area contributed by atoms with E-state index in [4.69, 9.17) is 0 Å². The molecule has 0 aliphatic heterocycles. The summed E-state index contributed by atoms with van der Waals surface area (Å²) >= 11 is 0. The zero-order valence-electron chi connectivity index (χ0n) is 10.4. The van der Waals surface area contributed by atoms with Crippen molar-refractivity contribution in [1.29, 1.82) is 0 Å². The van der Waals surface area contributed by atoms with E-state index < -0.39 is 0 Å². The predicted octanol–water partition coefficient (Wildman–Crippen LogP) is 3.46. The first-order chi connectivity index (χ1) is 8.15. The van der Waals surface area contributed by atoms with Crippen LogP contribution in [-0.2, 0) is 0 Å². The molecule has 0 spiro atoms. The molecule has 0 bridgehead atoms. The fraction of sp³-hybridized carbons (Fsp3) is 0.600. The fourth-order valence-electron chi connectivity index (χ4n) is 2.60. The van der Waals surface area contributed by atoms with Crippen molar-refractivity contribution in [2.75, 3.05) is 6.54 Å². The summed E-state index contributed by atoms with van der Waals surface area (Å²) in [6.45, 7) is 3.51. The second-order valence-corrected chi connectivity index (χ2v) is 6.11. The van der Waals surface area contributed by atoms with Crippen LogP contribution in [0.4, 0.5) is 4.39 Å². The van der Waals surface area contributed by atoms with Crippen LogP contribution in [0.25, 0.3) is 0 Å². The standard InChI is InChI=1S/C15H20FN/c1-15(5-6-15)10-17-14-8-12(9-14)11-3-2-4-13(16)7-11/h2-4,7,12,14,17H,5-6,8-10H2,1H3. The van der Waals surface area contributed by atoms with Gasteiger partial charge in [0.2, 0.25) is 0 Å². The SMILES string of the molecule is CC1(CNC2CC(c3cccc(F)c3)C2)CC1. The van der Waals surface area contributed by atoms with E-state index in [-0.39, 0.29) is 5.82 Å². The van der Waals surface area contributed by atoms with Crippen LogP contribution in [-0.4, -0.2) is 12.6 Å². The summed E-state index contributed by atoms with van der Waals surface area (Å²) in [4.78, 5) is 0. The van der Waals surface area contributed by atoms with Crippen LogP contribution in [0.15, 0.2) is 24.3 Å². The Labute approximate surface area is 102 Å². The van der Waals surface area contributed by atoms with Crippen molar-refractivity contribution in [1.82, 2.24) is 5.32 Å². The van der Waals surface area contributed by atoms with Gasteiger partial charge in [-0.05, 0) is 54.7 Å².